The van der Waals surface area contributed by atoms with Gasteiger partial charge in [-0.3, -0.25) is 4.68 Å². The van der Waals surface area contributed by atoms with Crippen molar-refractivity contribution in [2.24, 2.45) is 7.05 Å². The Morgan fingerprint density at radius 3 is 2.60 bits per heavy atom. The highest BCUT2D eigenvalue weighted by Gasteiger charge is 2.19. The molecule has 0 saturated carbocycles. The summed E-state index contributed by atoms with van der Waals surface area (Å²) in [4.78, 5) is 0. The zero-order valence-electron chi connectivity index (χ0n) is 13.2. The van der Waals surface area contributed by atoms with Crippen LogP contribution in [0.5, 0.6) is 0 Å². The van der Waals surface area contributed by atoms with E-state index in [9.17, 15) is 0 Å². The van der Waals surface area contributed by atoms with E-state index in [0.717, 1.165) is 18.7 Å². The van der Waals surface area contributed by atoms with Gasteiger partial charge in [0.25, 0.3) is 0 Å². The van der Waals surface area contributed by atoms with Crippen LogP contribution in [0.25, 0.3) is 0 Å². The minimum Gasteiger partial charge on any atom is -0.305 e. The van der Waals surface area contributed by atoms with Crippen LogP contribution in [0.15, 0.2) is 24.3 Å². The van der Waals surface area contributed by atoms with Gasteiger partial charge in [-0.1, -0.05) is 32.0 Å². The third kappa shape index (κ3) is 2.78. The summed E-state index contributed by atoms with van der Waals surface area (Å²) in [5.74, 6) is 0. The van der Waals surface area contributed by atoms with Gasteiger partial charge in [-0.05, 0) is 49.6 Å². The lowest BCUT2D eigenvalue weighted by atomic mass is 9.95. The van der Waals surface area contributed by atoms with Gasteiger partial charge in [0.05, 0.1) is 17.4 Å². The first kappa shape index (κ1) is 14.8. The summed E-state index contributed by atoms with van der Waals surface area (Å²) in [5, 5.41) is 8.19. The molecule has 1 aromatic heterocycles. The van der Waals surface area contributed by atoms with Crippen LogP contribution in [0, 0.1) is 13.8 Å². The average molecular weight is 271 g/mol. The molecule has 0 spiro atoms. The molecule has 0 bridgehead atoms. The van der Waals surface area contributed by atoms with Crippen LogP contribution in [-0.4, -0.2) is 16.3 Å². The van der Waals surface area contributed by atoms with Crippen molar-refractivity contribution < 1.29 is 0 Å². The number of aromatic nitrogens is 2. The highest BCUT2D eigenvalue weighted by molar-refractivity contribution is 5.39. The Labute approximate surface area is 122 Å². The summed E-state index contributed by atoms with van der Waals surface area (Å²) in [6, 6.07) is 8.95. The molecule has 108 valence electrons. The van der Waals surface area contributed by atoms with Gasteiger partial charge in [-0.15, -0.1) is 0 Å². The number of hydrogen-bond donors (Lipinski definition) is 1. The topological polar surface area (TPSA) is 29.9 Å². The molecule has 0 amide bonds. The van der Waals surface area contributed by atoms with Gasteiger partial charge in [0, 0.05) is 7.05 Å². The van der Waals surface area contributed by atoms with Crippen molar-refractivity contribution >= 4 is 0 Å². The molecule has 0 aliphatic carbocycles. The quantitative estimate of drug-likeness (QED) is 0.904. The van der Waals surface area contributed by atoms with Gasteiger partial charge >= 0.3 is 0 Å². The molecular formula is C17H25N3. The minimum atomic E-state index is 0.206. The predicted octanol–water partition coefficient (Wildman–Crippen LogP) is 3.30. The van der Waals surface area contributed by atoms with Crippen LogP contribution in [0.2, 0.25) is 0 Å². The van der Waals surface area contributed by atoms with Gasteiger partial charge in [0.1, 0.15) is 0 Å². The van der Waals surface area contributed by atoms with Crippen molar-refractivity contribution in [3.63, 3.8) is 0 Å². The van der Waals surface area contributed by atoms with Crippen molar-refractivity contribution in [3.05, 3.63) is 52.3 Å². The van der Waals surface area contributed by atoms with Crippen molar-refractivity contribution in [1.29, 1.82) is 0 Å². The zero-order chi connectivity index (χ0) is 14.7. The van der Waals surface area contributed by atoms with Gasteiger partial charge in [-0.25, -0.2) is 0 Å². The predicted molar refractivity (Wildman–Crippen MR) is 84.0 cm³/mol. The Morgan fingerprint density at radius 2 is 2.00 bits per heavy atom. The number of nitrogens with one attached hydrogen (secondary N) is 1. The minimum absolute atomic E-state index is 0.206. The molecule has 1 unspecified atom stereocenters. The maximum Gasteiger partial charge on any atom is 0.0750 e. The second-order valence-electron chi connectivity index (χ2n) is 5.32. The number of benzene rings is 1. The first-order valence-electron chi connectivity index (χ1n) is 7.40. The summed E-state index contributed by atoms with van der Waals surface area (Å²) < 4.78 is 2.01. The molecule has 0 fully saturated rings. The Kier molecular flexibility index (Phi) is 4.61. The van der Waals surface area contributed by atoms with Crippen LogP contribution in [0.1, 0.15) is 48.0 Å². The van der Waals surface area contributed by atoms with Gasteiger partial charge in [0.15, 0.2) is 0 Å². The molecule has 1 N–H and O–H groups in total. The summed E-state index contributed by atoms with van der Waals surface area (Å²) in [6.07, 6.45) is 0.972. The third-order valence-electron chi connectivity index (χ3n) is 3.99. The van der Waals surface area contributed by atoms with E-state index >= 15 is 0 Å². The van der Waals surface area contributed by atoms with Gasteiger partial charge < -0.3 is 5.32 Å². The zero-order valence-corrected chi connectivity index (χ0v) is 13.2. The molecule has 1 aromatic carbocycles. The van der Waals surface area contributed by atoms with Crippen molar-refractivity contribution in [2.45, 2.75) is 40.2 Å². The first-order chi connectivity index (χ1) is 9.58. The van der Waals surface area contributed by atoms with E-state index in [0.29, 0.717) is 0 Å². The smallest absolute Gasteiger partial charge is 0.0750 e. The van der Waals surface area contributed by atoms with E-state index < -0.39 is 0 Å². The Bertz CT molecular complexity index is 584. The van der Waals surface area contributed by atoms with Crippen LogP contribution < -0.4 is 5.32 Å². The second kappa shape index (κ2) is 6.23. The van der Waals surface area contributed by atoms with Crippen LogP contribution >= 0.6 is 0 Å². The molecule has 0 saturated heterocycles. The van der Waals surface area contributed by atoms with E-state index in [-0.39, 0.29) is 6.04 Å². The SMILES string of the molecule is CCNC(c1cccc(C)c1C)c1cc(CC)nn1C. The molecule has 2 aromatic rings. The van der Waals surface area contributed by atoms with Crippen LogP contribution in [0.4, 0.5) is 0 Å². The molecule has 2 rings (SSSR count). The lowest BCUT2D eigenvalue weighted by Gasteiger charge is -2.21. The lowest BCUT2D eigenvalue weighted by molar-refractivity contribution is 0.569. The Morgan fingerprint density at radius 1 is 1.25 bits per heavy atom. The normalized spacial score (nSPS) is 12.7. The third-order valence-corrected chi connectivity index (χ3v) is 3.99. The van der Waals surface area contributed by atoms with Crippen molar-refractivity contribution in [2.75, 3.05) is 6.54 Å². The number of hydrogen-bond acceptors (Lipinski definition) is 2. The largest absolute Gasteiger partial charge is 0.305 e. The molecule has 1 heterocycles. The maximum absolute atomic E-state index is 4.59. The molecule has 1 atom stereocenters. The van der Waals surface area contributed by atoms with Gasteiger partial charge in [-0.2, -0.15) is 5.10 Å². The maximum atomic E-state index is 4.59. The molecular weight excluding hydrogens is 246 g/mol. The van der Waals surface area contributed by atoms with E-state index in [1.165, 1.54) is 22.4 Å². The number of rotatable bonds is 5. The molecule has 0 radical (unpaired) electrons. The lowest BCUT2D eigenvalue weighted by Crippen LogP contribution is -2.25. The van der Waals surface area contributed by atoms with E-state index in [1.54, 1.807) is 0 Å². The molecule has 0 aliphatic rings. The summed E-state index contributed by atoms with van der Waals surface area (Å²) in [6.45, 7) is 9.60. The fourth-order valence-electron chi connectivity index (χ4n) is 2.65. The number of aryl methyl sites for hydroxylation is 3. The molecule has 3 heteroatoms. The van der Waals surface area contributed by atoms with E-state index in [4.69, 9.17) is 0 Å². The molecule has 0 aliphatic heterocycles. The first-order valence-corrected chi connectivity index (χ1v) is 7.40. The average Bonchev–Trinajstić information content (AvgIpc) is 2.81. The standard InChI is InChI=1S/C17H25N3/c1-6-14-11-16(20(5)19-14)17(18-7-2)15-10-8-9-12(3)13(15)4/h8-11,17-18H,6-7H2,1-5H3. The summed E-state index contributed by atoms with van der Waals surface area (Å²) in [7, 11) is 2.03. The van der Waals surface area contributed by atoms with Crippen LogP contribution in [0.3, 0.4) is 0 Å². The van der Waals surface area contributed by atoms with Crippen molar-refractivity contribution in [1.82, 2.24) is 15.1 Å². The fourth-order valence-corrected chi connectivity index (χ4v) is 2.65. The second-order valence-corrected chi connectivity index (χ2v) is 5.32. The van der Waals surface area contributed by atoms with Crippen LogP contribution in [-0.2, 0) is 13.5 Å². The molecule has 20 heavy (non-hydrogen) atoms. The Hall–Kier alpha value is -1.61. The van der Waals surface area contributed by atoms with E-state index in [2.05, 4.69) is 62.4 Å². The Balaban J connectivity index is 2.50. The van der Waals surface area contributed by atoms with Crippen molar-refractivity contribution in [3.8, 4) is 0 Å². The fraction of sp³-hybridized carbons (Fsp3) is 0.471. The van der Waals surface area contributed by atoms with Gasteiger partial charge in [0.2, 0.25) is 0 Å². The summed E-state index contributed by atoms with van der Waals surface area (Å²) >= 11 is 0. The summed E-state index contributed by atoms with van der Waals surface area (Å²) in [5.41, 5.74) is 6.42. The van der Waals surface area contributed by atoms with E-state index in [1.807, 2.05) is 11.7 Å². The highest BCUT2D eigenvalue weighted by atomic mass is 15.3. The molecule has 3 nitrogen and oxygen atoms in total. The monoisotopic (exact) mass is 271 g/mol. The highest BCUT2D eigenvalue weighted by Crippen LogP contribution is 2.27. The number of nitrogens with zero attached hydrogens (tertiary/aromatic N) is 2.